The van der Waals surface area contributed by atoms with E-state index in [-0.39, 0.29) is 5.56 Å². The zero-order valence-corrected chi connectivity index (χ0v) is 11.8. The lowest BCUT2D eigenvalue weighted by Gasteiger charge is -2.18. The lowest BCUT2D eigenvalue weighted by Crippen LogP contribution is -2.21. The number of benzene rings is 1. The van der Waals surface area contributed by atoms with Crippen LogP contribution in [0.1, 0.15) is 28.6 Å². The summed E-state index contributed by atoms with van der Waals surface area (Å²) in [6.45, 7) is 3.64. The highest BCUT2D eigenvalue weighted by Crippen LogP contribution is 2.30. The SMILES string of the molecule is CNC(c1ccc(F)c(F)c1F)c1c(C)nn(C)c1C. The first-order valence-electron chi connectivity index (χ1n) is 6.19. The number of nitrogens with one attached hydrogen (secondary N) is 1. The Labute approximate surface area is 115 Å². The number of aromatic nitrogens is 2. The molecule has 0 radical (unpaired) electrons. The van der Waals surface area contributed by atoms with E-state index in [9.17, 15) is 13.2 Å². The van der Waals surface area contributed by atoms with Gasteiger partial charge in [0, 0.05) is 23.9 Å². The normalized spacial score (nSPS) is 12.8. The van der Waals surface area contributed by atoms with Crippen LogP contribution in [-0.4, -0.2) is 16.8 Å². The maximum Gasteiger partial charge on any atom is 0.194 e. The van der Waals surface area contributed by atoms with Gasteiger partial charge in [0.15, 0.2) is 17.5 Å². The molecule has 2 rings (SSSR count). The molecular weight excluding hydrogens is 267 g/mol. The zero-order valence-electron chi connectivity index (χ0n) is 11.8. The first-order valence-corrected chi connectivity index (χ1v) is 6.19. The number of hydrogen-bond donors (Lipinski definition) is 1. The summed E-state index contributed by atoms with van der Waals surface area (Å²) in [6.07, 6.45) is 0. The van der Waals surface area contributed by atoms with Gasteiger partial charge in [0.1, 0.15) is 0 Å². The topological polar surface area (TPSA) is 29.9 Å². The van der Waals surface area contributed by atoms with Crippen LogP contribution in [0.15, 0.2) is 12.1 Å². The minimum Gasteiger partial charge on any atom is -0.309 e. The third-order valence-electron chi connectivity index (χ3n) is 3.52. The molecule has 6 heteroatoms. The van der Waals surface area contributed by atoms with Crippen LogP contribution in [0.5, 0.6) is 0 Å². The van der Waals surface area contributed by atoms with Gasteiger partial charge in [-0.15, -0.1) is 0 Å². The monoisotopic (exact) mass is 283 g/mol. The Kier molecular flexibility index (Phi) is 3.85. The van der Waals surface area contributed by atoms with Crippen molar-refractivity contribution in [3.05, 3.63) is 52.1 Å². The van der Waals surface area contributed by atoms with E-state index >= 15 is 0 Å². The van der Waals surface area contributed by atoms with Gasteiger partial charge in [0.2, 0.25) is 0 Å². The Morgan fingerprint density at radius 3 is 2.30 bits per heavy atom. The second-order valence-electron chi connectivity index (χ2n) is 4.69. The molecule has 0 bridgehead atoms. The van der Waals surface area contributed by atoms with Crippen molar-refractivity contribution >= 4 is 0 Å². The smallest absolute Gasteiger partial charge is 0.194 e. The predicted octanol–water partition coefficient (Wildman–Crippen LogP) is 2.76. The molecule has 108 valence electrons. The van der Waals surface area contributed by atoms with Gasteiger partial charge >= 0.3 is 0 Å². The number of halogens is 3. The number of aryl methyl sites for hydroxylation is 2. The third-order valence-corrected chi connectivity index (χ3v) is 3.52. The highest BCUT2D eigenvalue weighted by molar-refractivity contribution is 5.38. The van der Waals surface area contributed by atoms with Gasteiger partial charge in [0.25, 0.3) is 0 Å². The third kappa shape index (κ3) is 2.20. The quantitative estimate of drug-likeness (QED) is 0.878. The molecule has 0 saturated heterocycles. The summed E-state index contributed by atoms with van der Waals surface area (Å²) < 4.78 is 42.1. The van der Waals surface area contributed by atoms with E-state index in [4.69, 9.17) is 0 Å². The predicted molar refractivity (Wildman–Crippen MR) is 69.9 cm³/mol. The summed E-state index contributed by atoms with van der Waals surface area (Å²) in [6, 6.07) is 1.60. The Hall–Kier alpha value is -1.82. The van der Waals surface area contributed by atoms with Gasteiger partial charge in [-0.25, -0.2) is 13.2 Å². The molecule has 0 aliphatic carbocycles. The fourth-order valence-corrected chi connectivity index (χ4v) is 2.43. The van der Waals surface area contributed by atoms with E-state index in [1.807, 2.05) is 6.92 Å². The second kappa shape index (κ2) is 5.28. The Morgan fingerprint density at radius 2 is 1.80 bits per heavy atom. The maximum absolute atomic E-state index is 14.0. The van der Waals surface area contributed by atoms with Crippen molar-refractivity contribution in [3.8, 4) is 0 Å². The Morgan fingerprint density at radius 1 is 1.15 bits per heavy atom. The van der Waals surface area contributed by atoms with Crippen LogP contribution in [0.2, 0.25) is 0 Å². The fraction of sp³-hybridized carbons (Fsp3) is 0.357. The van der Waals surface area contributed by atoms with Crippen LogP contribution < -0.4 is 5.32 Å². The fourth-order valence-electron chi connectivity index (χ4n) is 2.43. The molecule has 0 amide bonds. The van der Waals surface area contributed by atoms with E-state index in [0.29, 0.717) is 5.69 Å². The molecule has 1 unspecified atom stereocenters. The summed E-state index contributed by atoms with van der Waals surface area (Å²) in [5.41, 5.74) is 2.38. The number of rotatable bonds is 3. The van der Waals surface area contributed by atoms with Crippen molar-refractivity contribution in [1.29, 1.82) is 0 Å². The van der Waals surface area contributed by atoms with Crippen molar-refractivity contribution in [2.45, 2.75) is 19.9 Å². The highest BCUT2D eigenvalue weighted by Gasteiger charge is 2.25. The van der Waals surface area contributed by atoms with Crippen LogP contribution in [0.3, 0.4) is 0 Å². The van der Waals surface area contributed by atoms with Gasteiger partial charge in [0.05, 0.1) is 11.7 Å². The standard InChI is InChI=1S/C14H16F3N3/c1-7-11(8(2)20(4)19-7)14(18-3)9-5-6-10(15)13(17)12(9)16/h5-6,14,18H,1-4H3. The highest BCUT2D eigenvalue weighted by atomic mass is 19.2. The van der Waals surface area contributed by atoms with Crippen LogP contribution in [0, 0.1) is 31.3 Å². The number of nitrogens with zero attached hydrogens (tertiary/aromatic N) is 2. The van der Waals surface area contributed by atoms with E-state index in [2.05, 4.69) is 10.4 Å². The van der Waals surface area contributed by atoms with Gasteiger partial charge < -0.3 is 5.32 Å². The van der Waals surface area contributed by atoms with Crippen molar-refractivity contribution < 1.29 is 13.2 Å². The van der Waals surface area contributed by atoms with Gasteiger partial charge in [-0.1, -0.05) is 6.07 Å². The lowest BCUT2D eigenvalue weighted by molar-refractivity contribution is 0.435. The van der Waals surface area contributed by atoms with E-state index < -0.39 is 23.5 Å². The molecule has 0 aliphatic heterocycles. The summed E-state index contributed by atoms with van der Waals surface area (Å²) in [4.78, 5) is 0. The molecule has 1 heterocycles. The van der Waals surface area contributed by atoms with E-state index in [1.54, 1.807) is 25.7 Å². The van der Waals surface area contributed by atoms with Crippen molar-refractivity contribution in [2.24, 2.45) is 7.05 Å². The molecule has 1 atom stereocenters. The summed E-state index contributed by atoms with van der Waals surface area (Å²) in [5, 5.41) is 7.20. The molecule has 1 aromatic heterocycles. The van der Waals surface area contributed by atoms with Crippen molar-refractivity contribution in [3.63, 3.8) is 0 Å². The molecule has 1 aromatic carbocycles. The minimum absolute atomic E-state index is 0.0607. The molecule has 0 saturated carbocycles. The van der Waals surface area contributed by atoms with E-state index in [0.717, 1.165) is 17.3 Å². The van der Waals surface area contributed by atoms with Crippen LogP contribution >= 0.6 is 0 Å². The maximum atomic E-state index is 14.0. The van der Waals surface area contributed by atoms with Gasteiger partial charge in [-0.05, 0) is 27.0 Å². The Bertz CT molecular complexity index is 650. The van der Waals surface area contributed by atoms with Gasteiger partial charge in [-0.2, -0.15) is 5.10 Å². The molecule has 3 nitrogen and oxygen atoms in total. The number of hydrogen-bond acceptors (Lipinski definition) is 2. The molecule has 2 aromatic rings. The van der Waals surface area contributed by atoms with Crippen LogP contribution in [0.25, 0.3) is 0 Å². The lowest BCUT2D eigenvalue weighted by atomic mass is 9.96. The molecule has 0 spiro atoms. The minimum atomic E-state index is -1.46. The Balaban J connectivity index is 2.62. The van der Waals surface area contributed by atoms with E-state index in [1.165, 1.54) is 6.07 Å². The average molecular weight is 283 g/mol. The zero-order chi connectivity index (χ0) is 15.0. The van der Waals surface area contributed by atoms with Crippen molar-refractivity contribution in [1.82, 2.24) is 15.1 Å². The second-order valence-corrected chi connectivity index (χ2v) is 4.69. The first kappa shape index (κ1) is 14.6. The summed E-state index contributed by atoms with van der Waals surface area (Å²) in [5.74, 6) is -3.82. The first-order chi connectivity index (χ1) is 9.38. The van der Waals surface area contributed by atoms with Gasteiger partial charge in [-0.3, -0.25) is 4.68 Å². The largest absolute Gasteiger partial charge is 0.309 e. The van der Waals surface area contributed by atoms with Crippen LogP contribution in [-0.2, 0) is 7.05 Å². The van der Waals surface area contributed by atoms with Crippen LogP contribution in [0.4, 0.5) is 13.2 Å². The molecule has 0 fully saturated rings. The molecule has 0 aliphatic rings. The summed E-state index contributed by atoms with van der Waals surface area (Å²) in [7, 11) is 3.41. The summed E-state index contributed by atoms with van der Waals surface area (Å²) >= 11 is 0. The molecule has 20 heavy (non-hydrogen) atoms. The average Bonchev–Trinajstić information content (AvgIpc) is 2.65. The molecule has 1 N–H and O–H groups in total. The molecular formula is C14H16F3N3. The van der Waals surface area contributed by atoms with Crippen molar-refractivity contribution in [2.75, 3.05) is 7.05 Å².